The standard InChI is InChI=1S/C30H31F3N6O4S/c1-35-9-16-21-24(36-10-19(32)26(21)44-27(16)34)20-17-12-41-13-18(17)22-25(23(20)33)37-29(38-28(22)42-7-6-40-2)43-14-30-4-3-5-39(30)11-15(31)8-30/h9-10,15H,3-8,11-14,34H2,1-2H3/t15-,30+/m1/s1. The van der Waals surface area contributed by atoms with E-state index >= 15 is 4.39 Å². The van der Waals surface area contributed by atoms with Crippen molar-refractivity contribution in [1.29, 1.82) is 0 Å². The average Bonchev–Trinajstić information content (AvgIpc) is 3.77. The zero-order chi connectivity index (χ0) is 30.6. The molecule has 3 aromatic heterocycles. The number of hydrogen-bond donors (Lipinski definition) is 1. The Hall–Kier alpha value is -3.59. The van der Waals surface area contributed by atoms with Gasteiger partial charge in [-0.05, 0) is 30.5 Å². The summed E-state index contributed by atoms with van der Waals surface area (Å²) in [4.78, 5) is 19.7. The third kappa shape index (κ3) is 4.66. The highest BCUT2D eigenvalue weighted by atomic mass is 32.1. The van der Waals surface area contributed by atoms with E-state index in [1.165, 1.54) is 6.21 Å². The van der Waals surface area contributed by atoms with Crippen molar-refractivity contribution in [1.82, 2.24) is 19.9 Å². The van der Waals surface area contributed by atoms with Crippen LogP contribution in [0.15, 0.2) is 11.2 Å². The fraction of sp³-hybridized carbons (Fsp3) is 0.467. The average molecular weight is 629 g/mol. The second-order valence-electron chi connectivity index (χ2n) is 11.3. The summed E-state index contributed by atoms with van der Waals surface area (Å²) < 4.78 is 69.7. The molecule has 44 heavy (non-hydrogen) atoms. The zero-order valence-electron chi connectivity index (χ0n) is 24.3. The summed E-state index contributed by atoms with van der Waals surface area (Å²) in [6.45, 7) is 1.99. The molecule has 10 nitrogen and oxygen atoms in total. The Balaban J connectivity index is 1.42. The molecule has 2 fully saturated rings. The van der Waals surface area contributed by atoms with E-state index in [4.69, 9.17) is 24.7 Å². The molecule has 0 bridgehead atoms. The number of aromatic nitrogens is 3. The molecule has 4 aromatic rings. The number of rotatable bonds is 9. The zero-order valence-corrected chi connectivity index (χ0v) is 25.1. The Morgan fingerprint density at radius 1 is 1.20 bits per heavy atom. The van der Waals surface area contributed by atoms with Crippen molar-refractivity contribution < 1.29 is 32.1 Å². The predicted molar refractivity (Wildman–Crippen MR) is 160 cm³/mol. The van der Waals surface area contributed by atoms with E-state index < -0.39 is 23.3 Å². The van der Waals surface area contributed by atoms with E-state index in [1.807, 2.05) is 0 Å². The number of hydrogen-bond acceptors (Lipinski definition) is 11. The van der Waals surface area contributed by atoms with Crippen LogP contribution in [-0.2, 0) is 22.7 Å². The second-order valence-corrected chi connectivity index (χ2v) is 12.4. The normalized spacial score (nSPS) is 21.6. The Bertz CT molecular complexity index is 1800. The number of benzene rings is 1. The second kappa shape index (κ2) is 11.4. The van der Waals surface area contributed by atoms with Gasteiger partial charge in [-0.25, -0.2) is 13.2 Å². The van der Waals surface area contributed by atoms with Crippen molar-refractivity contribution in [3.8, 4) is 23.1 Å². The fourth-order valence-corrected chi connectivity index (χ4v) is 7.76. The lowest BCUT2D eigenvalue weighted by Crippen LogP contribution is -2.43. The van der Waals surface area contributed by atoms with Gasteiger partial charge in [0.1, 0.15) is 24.9 Å². The molecule has 232 valence electrons. The van der Waals surface area contributed by atoms with E-state index in [0.717, 1.165) is 36.9 Å². The van der Waals surface area contributed by atoms with Gasteiger partial charge in [0, 0.05) is 49.9 Å². The quantitative estimate of drug-likeness (QED) is 0.206. The van der Waals surface area contributed by atoms with Gasteiger partial charge in [-0.2, -0.15) is 9.97 Å². The molecule has 0 aliphatic carbocycles. The highest BCUT2D eigenvalue weighted by Crippen LogP contribution is 2.47. The highest BCUT2D eigenvalue weighted by molar-refractivity contribution is 7.23. The molecule has 0 saturated carbocycles. The molecule has 2 N–H and O–H groups in total. The van der Waals surface area contributed by atoms with Crippen molar-refractivity contribution in [3.05, 3.63) is 34.5 Å². The summed E-state index contributed by atoms with van der Waals surface area (Å²) in [6.07, 6.45) is 3.75. The molecule has 7 rings (SSSR count). The van der Waals surface area contributed by atoms with Gasteiger partial charge in [0.25, 0.3) is 0 Å². The van der Waals surface area contributed by atoms with Gasteiger partial charge in [-0.15, -0.1) is 11.3 Å². The minimum Gasteiger partial charge on any atom is -0.475 e. The SMILES string of the molecule is CN=Cc1c(N)sc2c(F)cnc(-c3c4c(c5c(OCCOC)nc(OC[C@@]67CCCN6C[C@H](F)C7)nc5c3F)COC4)c12. The number of anilines is 1. The lowest BCUT2D eigenvalue weighted by Gasteiger charge is -2.30. The van der Waals surface area contributed by atoms with Gasteiger partial charge in [-0.3, -0.25) is 14.9 Å². The predicted octanol–water partition coefficient (Wildman–Crippen LogP) is 4.83. The number of halogens is 3. The number of nitrogens with zero attached hydrogens (tertiary/aromatic N) is 5. The third-order valence-electron chi connectivity index (χ3n) is 8.73. The first kappa shape index (κ1) is 29.1. The van der Waals surface area contributed by atoms with E-state index in [-0.39, 0.29) is 66.4 Å². The molecule has 14 heteroatoms. The molecule has 2 atom stereocenters. The first-order valence-electron chi connectivity index (χ1n) is 14.4. The minimum absolute atomic E-state index is 0.0505. The topological polar surface area (TPSA) is 117 Å². The van der Waals surface area contributed by atoms with Gasteiger partial charge < -0.3 is 24.7 Å². The number of pyridine rings is 1. The van der Waals surface area contributed by atoms with Crippen molar-refractivity contribution in [2.24, 2.45) is 4.99 Å². The van der Waals surface area contributed by atoms with Crippen LogP contribution in [0, 0.1) is 11.6 Å². The van der Waals surface area contributed by atoms with Gasteiger partial charge >= 0.3 is 6.01 Å². The molecule has 1 aromatic carbocycles. The molecule has 6 heterocycles. The molecular weight excluding hydrogens is 597 g/mol. The van der Waals surface area contributed by atoms with Crippen LogP contribution in [0.1, 0.15) is 36.0 Å². The van der Waals surface area contributed by atoms with Gasteiger partial charge in [0.05, 0.1) is 52.3 Å². The highest BCUT2D eigenvalue weighted by Gasteiger charge is 2.49. The van der Waals surface area contributed by atoms with E-state index in [9.17, 15) is 8.78 Å². The summed E-state index contributed by atoms with van der Waals surface area (Å²) in [7, 11) is 3.12. The van der Waals surface area contributed by atoms with Crippen molar-refractivity contribution in [2.75, 3.05) is 52.8 Å². The molecule has 0 amide bonds. The molecule has 3 aliphatic heterocycles. The van der Waals surface area contributed by atoms with Crippen LogP contribution in [0.4, 0.5) is 18.2 Å². The summed E-state index contributed by atoms with van der Waals surface area (Å²) in [5.74, 6) is -1.15. The van der Waals surface area contributed by atoms with Crippen LogP contribution >= 0.6 is 11.3 Å². The lowest BCUT2D eigenvalue weighted by atomic mass is 9.93. The Labute approximate surface area is 255 Å². The smallest absolute Gasteiger partial charge is 0.320 e. The largest absolute Gasteiger partial charge is 0.475 e. The molecule has 0 unspecified atom stereocenters. The van der Waals surface area contributed by atoms with Crippen molar-refractivity contribution >= 4 is 43.5 Å². The summed E-state index contributed by atoms with van der Waals surface area (Å²) in [6, 6.07) is -0.0899. The van der Waals surface area contributed by atoms with Crippen molar-refractivity contribution in [3.63, 3.8) is 0 Å². The molecule has 2 saturated heterocycles. The molecular formula is C30H31F3N6O4S. The van der Waals surface area contributed by atoms with Gasteiger partial charge in [0.15, 0.2) is 11.6 Å². The monoisotopic (exact) mass is 628 g/mol. The fourth-order valence-electron chi connectivity index (χ4n) is 6.82. The Morgan fingerprint density at radius 2 is 2.05 bits per heavy atom. The maximum atomic E-state index is 17.0. The first-order valence-corrected chi connectivity index (χ1v) is 15.2. The van der Waals surface area contributed by atoms with Crippen LogP contribution in [0.25, 0.3) is 32.2 Å². The van der Waals surface area contributed by atoms with E-state index in [1.54, 1.807) is 14.2 Å². The number of methoxy groups -OCH3 is 1. The molecule has 3 aliphatic rings. The van der Waals surface area contributed by atoms with Crippen LogP contribution in [0.5, 0.6) is 11.9 Å². The lowest BCUT2D eigenvalue weighted by molar-refractivity contribution is 0.106. The number of nitrogen functional groups attached to an aromatic ring is 1. The maximum Gasteiger partial charge on any atom is 0.320 e. The Kier molecular flexibility index (Phi) is 7.55. The summed E-state index contributed by atoms with van der Waals surface area (Å²) in [5.41, 5.74) is 7.71. The first-order chi connectivity index (χ1) is 21.3. The number of nitrogens with two attached hydrogens (primary N) is 1. The number of ether oxygens (including phenoxy) is 4. The van der Waals surface area contributed by atoms with E-state index in [2.05, 4.69) is 24.8 Å². The minimum atomic E-state index is -0.930. The maximum absolute atomic E-state index is 17.0. The number of thiophene rings is 1. The summed E-state index contributed by atoms with van der Waals surface area (Å²) in [5, 5.41) is 1.04. The van der Waals surface area contributed by atoms with Gasteiger partial charge in [0.2, 0.25) is 5.88 Å². The van der Waals surface area contributed by atoms with Crippen LogP contribution in [0.2, 0.25) is 0 Å². The van der Waals surface area contributed by atoms with Crippen LogP contribution < -0.4 is 15.2 Å². The van der Waals surface area contributed by atoms with Gasteiger partial charge in [-0.1, -0.05) is 0 Å². The van der Waals surface area contributed by atoms with Crippen molar-refractivity contribution in [2.45, 2.75) is 44.2 Å². The number of aliphatic imine (C=N–C) groups is 1. The number of alkyl halides is 1. The van der Waals surface area contributed by atoms with Crippen LogP contribution in [-0.4, -0.2) is 84.8 Å². The molecule has 0 spiro atoms. The Morgan fingerprint density at radius 3 is 2.86 bits per heavy atom. The van der Waals surface area contributed by atoms with E-state index in [0.29, 0.717) is 45.4 Å². The van der Waals surface area contributed by atoms with Crippen LogP contribution in [0.3, 0.4) is 0 Å². The number of fused-ring (bicyclic) bond motifs is 5. The summed E-state index contributed by atoms with van der Waals surface area (Å²) >= 11 is 1.05. The molecule has 0 radical (unpaired) electrons. The third-order valence-corrected chi connectivity index (χ3v) is 9.77.